The number of benzene rings is 6. The van der Waals surface area contributed by atoms with Gasteiger partial charge < -0.3 is 4.57 Å². The molecule has 0 unspecified atom stereocenters. The zero-order chi connectivity index (χ0) is 33.5. The highest BCUT2D eigenvalue weighted by Crippen LogP contribution is 2.41. The smallest absolute Gasteiger partial charge is 0.220 e. The van der Waals surface area contributed by atoms with Gasteiger partial charge in [0.1, 0.15) is 7.05 Å². The molecule has 0 saturated carbocycles. The van der Waals surface area contributed by atoms with E-state index in [4.69, 9.17) is 0 Å². The molecule has 8 aromatic rings. The third kappa shape index (κ3) is 4.81. The van der Waals surface area contributed by atoms with Crippen molar-refractivity contribution in [3.05, 3.63) is 132 Å². The van der Waals surface area contributed by atoms with E-state index >= 15 is 0 Å². The second kappa shape index (κ2) is 10.8. The molecule has 6 aromatic carbocycles. The predicted molar refractivity (Wildman–Crippen MR) is 207 cm³/mol. The van der Waals surface area contributed by atoms with Crippen LogP contribution in [-0.4, -0.2) is 4.57 Å². The lowest BCUT2D eigenvalue weighted by Gasteiger charge is -2.24. The maximum absolute atomic E-state index is 2.46. The second-order valence-electron chi connectivity index (χ2n) is 16.0. The minimum atomic E-state index is 0.0224. The number of para-hydroxylation sites is 1. The van der Waals surface area contributed by atoms with E-state index in [-0.39, 0.29) is 10.8 Å². The van der Waals surface area contributed by atoms with Crippen LogP contribution in [0, 0.1) is 12.3 Å². The lowest BCUT2D eigenvalue weighted by atomic mass is 9.80. The van der Waals surface area contributed by atoms with E-state index < -0.39 is 0 Å². The van der Waals surface area contributed by atoms with E-state index in [1.165, 1.54) is 87.8 Å². The highest BCUT2D eigenvalue weighted by atomic mass is 15.0. The zero-order valence-electron chi connectivity index (χ0n) is 29.6. The van der Waals surface area contributed by atoms with Crippen LogP contribution >= 0.6 is 0 Å². The Kier molecular flexibility index (Phi) is 6.83. The summed E-state index contributed by atoms with van der Waals surface area (Å²) in [4.78, 5) is 0. The third-order valence-corrected chi connectivity index (χ3v) is 10.3. The summed E-state index contributed by atoms with van der Waals surface area (Å²) < 4.78 is 4.77. The number of hydrogen-bond donors (Lipinski definition) is 0. The van der Waals surface area contributed by atoms with Gasteiger partial charge in [0, 0.05) is 27.9 Å². The van der Waals surface area contributed by atoms with Crippen molar-refractivity contribution in [3.63, 3.8) is 0 Å². The van der Waals surface area contributed by atoms with Crippen molar-refractivity contribution >= 4 is 54.1 Å². The summed E-state index contributed by atoms with van der Waals surface area (Å²) in [7, 11) is 2.18. The Morgan fingerprint density at radius 2 is 1.29 bits per heavy atom. The molecule has 0 N–H and O–H groups in total. The number of nitrogens with zero attached hydrogens (tertiary/aromatic N) is 2. The van der Waals surface area contributed by atoms with E-state index in [0.29, 0.717) is 0 Å². The standard InChI is InChI=1S/C46H45N2/c1-29-33-15-9-10-16-36(33)40(46(5,6)7)27-39(29)44-37-22-20-30-26-32(21-23-34(30)35(37)24-25-47(44)8)48-41-18-12-11-17-38(41)43-31(28-45(2,3)4)14-13-19-42(43)48/h9-27H,28H2,1-8H3/q+1. The van der Waals surface area contributed by atoms with Crippen LogP contribution in [0.25, 0.3) is 71.1 Å². The zero-order valence-corrected chi connectivity index (χ0v) is 29.6. The Morgan fingerprint density at radius 3 is 2.04 bits per heavy atom. The van der Waals surface area contributed by atoms with Crippen molar-refractivity contribution in [3.8, 4) is 16.9 Å². The van der Waals surface area contributed by atoms with Gasteiger partial charge in [0.05, 0.1) is 22.0 Å². The Morgan fingerprint density at radius 1 is 0.604 bits per heavy atom. The summed E-state index contributed by atoms with van der Waals surface area (Å²) in [5.41, 5.74) is 10.7. The van der Waals surface area contributed by atoms with Crippen LogP contribution in [0.1, 0.15) is 58.2 Å². The molecule has 0 bridgehead atoms. The molecule has 8 rings (SSSR count). The van der Waals surface area contributed by atoms with Gasteiger partial charge in [-0.2, -0.15) is 0 Å². The fourth-order valence-corrected chi connectivity index (χ4v) is 8.13. The van der Waals surface area contributed by atoms with Gasteiger partial charge in [-0.3, -0.25) is 0 Å². The van der Waals surface area contributed by atoms with Crippen molar-refractivity contribution in [1.29, 1.82) is 0 Å². The molecule has 0 saturated heterocycles. The molecule has 0 aliphatic rings. The second-order valence-corrected chi connectivity index (χ2v) is 16.0. The number of aryl methyl sites for hydroxylation is 2. The first-order valence-corrected chi connectivity index (χ1v) is 17.3. The molecule has 238 valence electrons. The van der Waals surface area contributed by atoms with E-state index in [9.17, 15) is 0 Å². The first-order valence-electron chi connectivity index (χ1n) is 17.3. The van der Waals surface area contributed by atoms with Crippen LogP contribution in [0.4, 0.5) is 0 Å². The molecule has 0 fully saturated rings. The van der Waals surface area contributed by atoms with Gasteiger partial charge in [0.15, 0.2) is 6.20 Å². The van der Waals surface area contributed by atoms with E-state index in [1.807, 2.05) is 0 Å². The lowest BCUT2D eigenvalue weighted by Crippen LogP contribution is -2.31. The minimum Gasteiger partial charge on any atom is -0.309 e. The highest BCUT2D eigenvalue weighted by molar-refractivity contribution is 6.13. The SMILES string of the molecule is Cc1c(-c2c3ccc4cc(-n5c6ccccc6c6c(CC(C)(C)C)cccc65)ccc4c3cc[n+]2C)cc(C(C)(C)C)c2ccccc12. The molecule has 0 amide bonds. The van der Waals surface area contributed by atoms with Crippen LogP contribution in [0.3, 0.4) is 0 Å². The van der Waals surface area contributed by atoms with Gasteiger partial charge in [-0.25, -0.2) is 4.57 Å². The molecule has 48 heavy (non-hydrogen) atoms. The quantitative estimate of drug-likeness (QED) is 0.136. The summed E-state index contributed by atoms with van der Waals surface area (Å²) in [6, 6.07) is 41.1. The minimum absolute atomic E-state index is 0.0224. The van der Waals surface area contributed by atoms with Crippen LogP contribution < -0.4 is 4.57 Å². The van der Waals surface area contributed by atoms with Crippen molar-refractivity contribution in [2.75, 3.05) is 0 Å². The van der Waals surface area contributed by atoms with Gasteiger partial charge in [-0.05, 0) is 98.8 Å². The third-order valence-electron chi connectivity index (χ3n) is 10.3. The average Bonchev–Trinajstić information content (AvgIpc) is 3.39. The maximum Gasteiger partial charge on any atom is 0.220 e. The average molecular weight is 626 g/mol. The summed E-state index contributed by atoms with van der Waals surface area (Å²) in [6.45, 7) is 16.2. The Balaban J connectivity index is 1.35. The molecule has 0 atom stereocenters. The van der Waals surface area contributed by atoms with Gasteiger partial charge >= 0.3 is 0 Å². The van der Waals surface area contributed by atoms with E-state index in [1.54, 1.807) is 0 Å². The molecule has 0 spiro atoms. The van der Waals surface area contributed by atoms with Gasteiger partial charge in [-0.1, -0.05) is 108 Å². The maximum atomic E-state index is 2.46. The van der Waals surface area contributed by atoms with Crippen LogP contribution in [0.15, 0.2) is 115 Å². The number of aromatic nitrogens is 2. The summed E-state index contributed by atoms with van der Waals surface area (Å²) in [5, 5.41) is 10.5. The first kappa shape index (κ1) is 30.4. The largest absolute Gasteiger partial charge is 0.309 e. The van der Waals surface area contributed by atoms with Crippen molar-refractivity contribution in [2.45, 2.75) is 60.3 Å². The summed E-state index contributed by atoms with van der Waals surface area (Å²) in [6.07, 6.45) is 3.27. The molecular formula is C46H45N2+. The predicted octanol–water partition coefficient (Wildman–Crippen LogP) is 11.9. The monoisotopic (exact) mass is 625 g/mol. The van der Waals surface area contributed by atoms with Gasteiger partial charge in [0.25, 0.3) is 0 Å². The Bertz CT molecular complexity index is 2570. The van der Waals surface area contributed by atoms with Crippen LogP contribution in [-0.2, 0) is 18.9 Å². The normalized spacial score (nSPS) is 12.7. The highest BCUT2D eigenvalue weighted by Gasteiger charge is 2.25. The van der Waals surface area contributed by atoms with Crippen LogP contribution in [0.5, 0.6) is 0 Å². The topological polar surface area (TPSA) is 8.81 Å². The summed E-state index contributed by atoms with van der Waals surface area (Å²) >= 11 is 0. The number of rotatable bonds is 3. The molecule has 2 heterocycles. The fourth-order valence-electron chi connectivity index (χ4n) is 8.13. The Hall–Kier alpha value is -4.95. The molecule has 2 nitrogen and oxygen atoms in total. The molecule has 0 aliphatic carbocycles. The number of fused-ring (bicyclic) bond motifs is 7. The molecule has 0 aliphatic heterocycles. The molecule has 0 radical (unpaired) electrons. The number of hydrogen-bond acceptors (Lipinski definition) is 0. The van der Waals surface area contributed by atoms with Crippen molar-refractivity contribution < 1.29 is 4.57 Å². The molecule has 2 aromatic heterocycles. The number of pyridine rings is 1. The van der Waals surface area contributed by atoms with E-state index in [0.717, 1.165) is 6.42 Å². The van der Waals surface area contributed by atoms with E-state index in [2.05, 4.69) is 180 Å². The van der Waals surface area contributed by atoms with Crippen molar-refractivity contribution in [2.24, 2.45) is 12.5 Å². The summed E-state index contributed by atoms with van der Waals surface area (Å²) in [5.74, 6) is 0. The first-order chi connectivity index (χ1) is 22.9. The molecule has 2 heteroatoms. The van der Waals surface area contributed by atoms with Crippen LogP contribution in [0.2, 0.25) is 0 Å². The Labute approximate surface area is 284 Å². The van der Waals surface area contributed by atoms with Crippen molar-refractivity contribution in [1.82, 2.24) is 4.57 Å². The lowest BCUT2D eigenvalue weighted by molar-refractivity contribution is -0.659. The van der Waals surface area contributed by atoms with Gasteiger partial charge in [-0.15, -0.1) is 0 Å². The fraction of sp³-hybridized carbons (Fsp3) is 0.239. The molecular weight excluding hydrogens is 581 g/mol. The van der Waals surface area contributed by atoms with Gasteiger partial charge in [0.2, 0.25) is 5.69 Å².